The van der Waals surface area contributed by atoms with E-state index in [0.717, 1.165) is 22.2 Å². The number of aryl methyl sites for hydroxylation is 1. The number of hydrogen-bond donors (Lipinski definition) is 1. The van der Waals surface area contributed by atoms with Crippen LogP contribution in [0.4, 0.5) is 0 Å². The highest BCUT2D eigenvalue weighted by atomic mass is 32.2. The zero-order chi connectivity index (χ0) is 15.4. The van der Waals surface area contributed by atoms with E-state index in [-0.39, 0.29) is 5.75 Å². The summed E-state index contributed by atoms with van der Waals surface area (Å²) in [5, 5.41) is 9.56. The largest absolute Gasteiger partial charge is 0.481 e. The quantitative estimate of drug-likeness (QED) is 0.831. The lowest BCUT2D eigenvalue weighted by molar-refractivity contribution is -0.133. The first kappa shape index (κ1) is 15.6. The molecule has 0 aromatic carbocycles. The first-order chi connectivity index (χ1) is 9.97. The van der Waals surface area contributed by atoms with Crippen LogP contribution in [0, 0.1) is 6.92 Å². The minimum Gasteiger partial charge on any atom is -0.481 e. The van der Waals surface area contributed by atoms with Gasteiger partial charge in [0.2, 0.25) is 0 Å². The van der Waals surface area contributed by atoms with Gasteiger partial charge in [0.1, 0.15) is 0 Å². The first-order valence-corrected chi connectivity index (χ1v) is 7.78. The Kier molecular flexibility index (Phi) is 5.01. The Morgan fingerprint density at radius 2 is 2.19 bits per heavy atom. The van der Waals surface area contributed by atoms with Crippen LogP contribution in [0.5, 0.6) is 0 Å². The predicted molar refractivity (Wildman–Crippen MR) is 82.8 cm³/mol. The third-order valence-corrected chi connectivity index (χ3v) is 4.01. The van der Waals surface area contributed by atoms with Crippen LogP contribution < -0.4 is 0 Å². The molecule has 1 N–H and O–H groups in total. The van der Waals surface area contributed by atoms with Gasteiger partial charge in [-0.1, -0.05) is 31.7 Å². The Bertz CT molecular complexity index is 638. The smallest absolute Gasteiger partial charge is 0.313 e. The monoisotopic (exact) mass is 305 g/mol. The highest BCUT2D eigenvalue weighted by molar-refractivity contribution is 7.99. The minimum atomic E-state index is -0.839. The molecule has 0 aliphatic carbocycles. The van der Waals surface area contributed by atoms with Crippen molar-refractivity contribution in [2.24, 2.45) is 0 Å². The Morgan fingerprint density at radius 1 is 1.43 bits per heavy atom. The molecule has 0 saturated carbocycles. The van der Waals surface area contributed by atoms with Crippen LogP contribution in [0.25, 0.3) is 0 Å². The zero-order valence-electron chi connectivity index (χ0n) is 12.4. The van der Waals surface area contributed by atoms with Crippen molar-refractivity contribution in [2.75, 3.05) is 5.75 Å². The summed E-state index contributed by atoms with van der Waals surface area (Å²) >= 11 is 1.24. The summed E-state index contributed by atoms with van der Waals surface area (Å²) in [7, 11) is 0. The maximum atomic E-state index is 10.8. The third-order valence-electron chi connectivity index (χ3n) is 3.03. The van der Waals surface area contributed by atoms with Crippen LogP contribution in [0.3, 0.4) is 0 Å². The van der Waals surface area contributed by atoms with Crippen molar-refractivity contribution in [1.82, 2.24) is 14.5 Å². The van der Waals surface area contributed by atoms with Crippen molar-refractivity contribution in [3.05, 3.63) is 41.5 Å². The molecule has 0 spiro atoms. The standard InChI is InChI=1S/C15H19N3O2S/c1-10(2)13-7-16-15(21-9-14(19)20)18(13)8-12-6-4-5-11(3)17-12/h4-7,10H,8-9H2,1-3H3,(H,19,20). The molecule has 2 aromatic heterocycles. The fraction of sp³-hybridized carbons (Fsp3) is 0.400. The number of imidazole rings is 1. The molecule has 2 rings (SSSR count). The number of aliphatic carboxylic acids is 1. The number of nitrogens with zero attached hydrogens (tertiary/aromatic N) is 3. The van der Waals surface area contributed by atoms with Gasteiger partial charge in [-0.25, -0.2) is 4.98 Å². The highest BCUT2D eigenvalue weighted by Gasteiger charge is 2.15. The second kappa shape index (κ2) is 6.76. The van der Waals surface area contributed by atoms with Gasteiger partial charge in [0.05, 0.1) is 18.0 Å². The van der Waals surface area contributed by atoms with Gasteiger partial charge in [-0.15, -0.1) is 0 Å². The fourth-order valence-corrected chi connectivity index (χ4v) is 2.79. The Labute approximate surface area is 128 Å². The summed E-state index contributed by atoms with van der Waals surface area (Å²) in [5.41, 5.74) is 3.01. The average molecular weight is 305 g/mol. The molecule has 2 aromatic rings. The van der Waals surface area contributed by atoms with E-state index < -0.39 is 5.97 Å². The summed E-state index contributed by atoms with van der Waals surface area (Å²) in [5.74, 6) is -0.508. The van der Waals surface area contributed by atoms with E-state index in [9.17, 15) is 4.79 Å². The Morgan fingerprint density at radius 3 is 2.81 bits per heavy atom. The molecule has 5 nitrogen and oxygen atoms in total. The summed E-state index contributed by atoms with van der Waals surface area (Å²) in [6.07, 6.45) is 1.82. The van der Waals surface area contributed by atoms with Gasteiger partial charge in [0, 0.05) is 17.6 Å². The lowest BCUT2D eigenvalue weighted by Crippen LogP contribution is -2.10. The van der Waals surface area contributed by atoms with Crippen LogP contribution in [-0.4, -0.2) is 31.4 Å². The second-order valence-corrected chi connectivity index (χ2v) is 6.10. The van der Waals surface area contributed by atoms with E-state index in [4.69, 9.17) is 5.11 Å². The van der Waals surface area contributed by atoms with Crippen molar-refractivity contribution in [2.45, 2.75) is 38.4 Å². The zero-order valence-corrected chi connectivity index (χ0v) is 13.2. The Hall–Kier alpha value is -1.82. The van der Waals surface area contributed by atoms with Gasteiger partial charge in [0.15, 0.2) is 5.16 Å². The number of aromatic nitrogens is 3. The fourth-order valence-electron chi connectivity index (χ4n) is 2.08. The molecule has 0 amide bonds. The molecule has 0 aliphatic heterocycles. The summed E-state index contributed by atoms with van der Waals surface area (Å²) in [4.78, 5) is 19.6. The molecule has 6 heteroatoms. The van der Waals surface area contributed by atoms with Crippen LogP contribution in [0.1, 0.15) is 36.8 Å². The van der Waals surface area contributed by atoms with Crippen LogP contribution in [-0.2, 0) is 11.3 Å². The molecular weight excluding hydrogens is 286 g/mol. The number of rotatable bonds is 6. The van der Waals surface area contributed by atoms with Crippen LogP contribution in [0.2, 0.25) is 0 Å². The number of carbonyl (C=O) groups is 1. The average Bonchev–Trinajstić information content (AvgIpc) is 2.79. The molecule has 0 saturated heterocycles. The molecule has 0 atom stereocenters. The number of pyridine rings is 1. The van der Waals surface area contributed by atoms with E-state index in [1.807, 2.05) is 31.3 Å². The van der Waals surface area contributed by atoms with E-state index in [0.29, 0.717) is 12.5 Å². The topological polar surface area (TPSA) is 68.0 Å². The molecule has 21 heavy (non-hydrogen) atoms. The lowest BCUT2D eigenvalue weighted by Gasteiger charge is -2.13. The normalized spacial score (nSPS) is 11.0. The highest BCUT2D eigenvalue weighted by Crippen LogP contribution is 2.24. The van der Waals surface area contributed by atoms with E-state index >= 15 is 0 Å². The van der Waals surface area contributed by atoms with E-state index in [1.54, 1.807) is 0 Å². The molecule has 0 aliphatic rings. The van der Waals surface area contributed by atoms with Gasteiger partial charge >= 0.3 is 5.97 Å². The number of thioether (sulfide) groups is 1. The third kappa shape index (κ3) is 4.07. The minimum absolute atomic E-state index is 0.00972. The molecule has 112 valence electrons. The van der Waals surface area contributed by atoms with Crippen molar-refractivity contribution < 1.29 is 9.90 Å². The van der Waals surface area contributed by atoms with Crippen molar-refractivity contribution in [1.29, 1.82) is 0 Å². The van der Waals surface area contributed by atoms with Gasteiger partial charge in [-0.2, -0.15) is 0 Å². The van der Waals surface area contributed by atoms with Crippen molar-refractivity contribution in [3.63, 3.8) is 0 Å². The summed E-state index contributed by atoms with van der Waals surface area (Å²) in [6, 6.07) is 5.91. The molecular formula is C15H19N3O2S. The Balaban J connectivity index is 2.30. The maximum absolute atomic E-state index is 10.8. The molecule has 0 unspecified atom stereocenters. The molecule has 0 fully saturated rings. The molecule has 2 heterocycles. The first-order valence-electron chi connectivity index (χ1n) is 6.80. The van der Waals surface area contributed by atoms with Gasteiger partial charge in [0.25, 0.3) is 0 Å². The SMILES string of the molecule is Cc1cccc(Cn2c(C(C)C)cnc2SCC(=O)O)n1. The number of carboxylic acid groups (broad SMARTS) is 1. The lowest BCUT2D eigenvalue weighted by atomic mass is 10.1. The molecule has 0 radical (unpaired) electrons. The summed E-state index contributed by atoms with van der Waals surface area (Å²) < 4.78 is 2.06. The predicted octanol–water partition coefficient (Wildman–Crippen LogP) is 2.93. The van der Waals surface area contributed by atoms with Gasteiger partial charge < -0.3 is 9.67 Å². The summed E-state index contributed by atoms with van der Waals surface area (Å²) in [6.45, 7) is 6.77. The van der Waals surface area contributed by atoms with Crippen molar-refractivity contribution in [3.8, 4) is 0 Å². The maximum Gasteiger partial charge on any atom is 0.313 e. The van der Waals surface area contributed by atoms with Gasteiger partial charge in [-0.05, 0) is 25.0 Å². The number of carboxylic acids is 1. The van der Waals surface area contributed by atoms with E-state index in [2.05, 4.69) is 28.4 Å². The van der Waals surface area contributed by atoms with E-state index in [1.165, 1.54) is 11.8 Å². The second-order valence-electron chi connectivity index (χ2n) is 5.16. The van der Waals surface area contributed by atoms with Crippen molar-refractivity contribution >= 4 is 17.7 Å². The number of hydrogen-bond acceptors (Lipinski definition) is 4. The molecule has 0 bridgehead atoms. The van der Waals surface area contributed by atoms with Gasteiger partial charge in [-0.3, -0.25) is 9.78 Å². The van der Waals surface area contributed by atoms with Crippen LogP contribution >= 0.6 is 11.8 Å². The van der Waals surface area contributed by atoms with Crippen LogP contribution in [0.15, 0.2) is 29.6 Å².